The number of aryl methyl sites for hydroxylation is 2. The SMILES string of the molecule is CCn1cc(-c2ccnc3c2c(C)nn3CC(=O)O)cn1. The van der Waals surface area contributed by atoms with Gasteiger partial charge >= 0.3 is 5.97 Å². The summed E-state index contributed by atoms with van der Waals surface area (Å²) in [6, 6.07) is 1.90. The summed E-state index contributed by atoms with van der Waals surface area (Å²) in [4.78, 5) is 15.2. The zero-order valence-corrected chi connectivity index (χ0v) is 11.8. The van der Waals surface area contributed by atoms with Crippen molar-refractivity contribution in [3.05, 3.63) is 30.4 Å². The standard InChI is InChI=1S/C14H15N5O2/c1-3-18-7-10(6-16-18)11-4-5-15-14-13(11)9(2)17-19(14)8-12(20)21/h4-7H,3,8H2,1-2H3,(H,20,21). The van der Waals surface area contributed by atoms with E-state index in [1.807, 2.05) is 30.8 Å². The topological polar surface area (TPSA) is 85.8 Å². The van der Waals surface area contributed by atoms with E-state index in [0.717, 1.165) is 28.8 Å². The molecular formula is C14H15N5O2. The van der Waals surface area contributed by atoms with Gasteiger partial charge in [0.15, 0.2) is 5.65 Å². The predicted molar refractivity (Wildman–Crippen MR) is 76.8 cm³/mol. The highest BCUT2D eigenvalue weighted by Crippen LogP contribution is 2.29. The smallest absolute Gasteiger partial charge is 0.325 e. The summed E-state index contributed by atoms with van der Waals surface area (Å²) < 4.78 is 3.26. The Morgan fingerprint density at radius 1 is 1.43 bits per heavy atom. The first-order valence-electron chi connectivity index (χ1n) is 6.67. The van der Waals surface area contributed by atoms with Gasteiger partial charge in [0.05, 0.1) is 11.9 Å². The largest absolute Gasteiger partial charge is 0.480 e. The van der Waals surface area contributed by atoms with Gasteiger partial charge < -0.3 is 5.11 Å². The van der Waals surface area contributed by atoms with Crippen LogP contribution in [0.25, 0.3) is 22.2 Å². The average molecular weight is 285 g/mol. The molecule has 1 N–H and O–H groups in total. The fourth-order valence-electron chi connectivity index (χ4n) is 2.44. The molecule has 0 fully saturated rings. The van der Waals surface area contributed by atoms with Gasteiger partial charge in [0.25, 0.3) is 0 Å². The van der Waals surface area contributed by atoms with Crippen LogP contribution in [0.4, 0.5) is 0 Å². The van der Waals surface area contributed by atoms with Crippen molar-refractivity contribution in [1.29, 1.82) is 0 Å². The summed E-state index contributed by atoms with van der Waals surface area (Å²) in [6.07, 6.45) is 5.43. The highest BCUT2D eigenvalue weighted by molar-refractivity contribution is 5.94. The first-order valence-corrected chi connectivity index (χ1v) is 6.67. The minimum atomic E-state index is -0.939. The van der Waals surface area contributed by atoms with E-state index in [1.165, 1.54) is 4.68 Å². The molecule has 108 valence electrons. The van der Waals surface area contributed by atoms with Gasteiger partial charge in [0, 0.05) is 29.9 Å². The highest BCUT2D eigenvalue weighted by Gasteiger charge is 2.16. The van der Waals surface area contributed by atoms with Crippen LogP contribution in [0.1, 0.15) is 12.6 Å². The molecule has 0 aliphatic carbocycles. The summed E-state index contributed by atoms with van der Waals surface area (Å²) in [6.45, 7) is 4.48. The monoisotopic (exact) mass is 285 g/mol. The number of hydrogen-bond donors (Lipinski definition) is 1. The maximum Gasteiger partial charge on any atom is 0.325 e. The van der Waals surface area contributed by atoms with Crippen LogP contribution in [0.5, 0.6) is 0 Å². The quantitative estimate of drug-likeness (QED) is 0.788. The number of rotatable bonds is 4. The molecule has 0 saturated heterocycles. The number of aliphatic carboxylic acids is 1. The van der Waals surface area contributed by atoms with Crippen LogP contribution in [-0.2, 0) is 17.9 Å². The predicted octanol–water partition coefficient (Wildman–Crippen LogP) is 1.71. The molecule has 0 aliphatic heterocycles. The molecule has 0 saturated carbocycles. The van der Waals surface area contributed by atoms with E-state index < -0.39 is 5.97 Å². The number of aromatic nitrogens is 5. The molecule has 3 aromatic heterocycles. The maximum atomic E-state index is 10.9. The summed E-state index contributed by atoms with van der Waals surface area (Å²) >= 11 is 0. The summed E-state index contributed by atoms with van der Waals surface area (Å²) in [7, 11) is 0. The number of pyridine rings is 1. The number of fused-ring (bicyclic) bond motifs is 1. The Bertz CT molecular complexity index is 818. The fourth-order valence-corrected chi connectivity index (χ4v) is 2.44. The molecule has 3 rings (SSSR count). The van der Waals surface area contributed by atoms with Crippen LogP contribution in [0.2, 0.25) is 0 Å². The maximum absolute atomic E-state index is 10.9. The van der Waals surface area contributed by atoms with Gasteiger partial charge in [-0.1, -0.05) is 0 Å². The van der Waals surface area contributed by atoms with Crippen molar-refractivity contribution >= 4 is 17.0 Å². The zero-order chi connectivity index (χ0) is 15.0. The highest BCUT2D eigenvalue weighted by atomic mass is 16.4. The third-order valence-electron chi connectivity index (χ3n) is 3.36. The number of carboxylic acid groups (broad SMARTS) is 1. The van der Waals surface area contributed by atoms with Crippen LogP contribution in [0, 0.1) is 6.92 Å². The fraction of sp³-hybridized carbons (Fsp3) is 0.286. The molecule has 0 atom stereocenters. The van der Waals surface area contributed by atoms with E-state index in [2.05, 4.69) is 15.2 Å². The van der Waals surface area contributed by atoms with Crippen molar-refractivity contribution in [1.82, 2.24) is 24.5 Å². The second-order valence-corrected chi connectivity index (χ2v) is 4.78. The first kappa shape index (κ1) is 13.3. The number of carboxylic acids is 1. The number of nitrogens with zero attached hydrogens (tertiary/aromatic N) is 5. The van der Waals surface area contributed by atoms with Gasteiger partial charge in [-0.3, -0.25) is 9.48 Å². The minimum absolute atomic E-state index is 0.199. The van der Waals surface area contributed by atoms with Gasteiger partial charge in [0.1, 0.15) is 6.54 Å². The van der Waals surface area contributed by atoms with Crippen LogP contribution in [-0.4, -0.2) is 35.6 Å². The van der Waals surface area contributed by atoms with E-state index in [-0.39, 0.29) is 6.54 Å². The lowest BCUT2D eigenvalue weighted by atomic mass is 10.1. The van der Waals surface area contributed by atoms with Gasteiger partial charge in [-0.25, -0.2) is 9.67 Å². The minimum Gasteiger partial charge on any atom is -0.480 e. The van der Waals surface area contributed by atoms with E-state index >= 15 is 0 Å². The Kier molecular flexibility index (Phi) is 3.17. The molecule has 0 aromatic carbocycles. The second kappa shape index (κ2) is 5.01. The Labute approximate surface area is 120 Å². The molecule has 7 heteroatoms. The Balaban J connectivity index is 2.20. The number of carbonyl (C=O) groups is 1. The van der Waals surface area contributed by atoms with Gasteiger partial charge in [-0.15, -0.1) is 0 Å². The van der Waals surface area contributed by atoms with E-state index in [1.54, 1.807) is 12.4 Å². The zero-order valence-electron chi connectivity index (χ0n) is 11.8. The Morgan fingerprint density at radius 2 is 2.24 bits per heavy atom. The van der Waals surface area contributed by atoms with Crippen LogP contribution in [0.15, 0.2) is 24.7 Å². The molecule has 0 unspecified atom stereocenters. The lowest BCUT2D eigenvalue weighted by molar-refractivity contribution is -0.137. The van der Waals surface area contributed by atoms with Crippen LogP contribution in [0.3, 0.4) is 0 Å². The molecule has 3 heterocycles. The molecule has 0 aliphatic rings. The summed E-state index contributed by atoms with van der Waals surface area (Å²) in [5.74, 6) is -0.939. The van der Waals surface area contributed by atoms with Gasteiger partial charge in [-0.05, 0) is 25.5 Å². The van der Waals surface area contributed by atoms with E-state index in [0.29, 0.717) is 5.65 Å². The first-order chi connectivity index (χ1) is 10.1. The molecule has 21 heavy (non-hydrogen) atoms. The third kappa shape index (κ3) is 2.26. The van der Waals surface area contributed by atoms with Crippen molar-refractivity contribution in [2.24, 2.45) is 0 Å². The Morgan fingerprint density at radius 3 is 2.90 bits per heavy atom. The molecule has 3 aromatic rings. The van der Waals surface area contributed by atoms with Gasteiger partial charge in [0.2, 0.25) is 0 Å². The summed E-state index contributed by atoms with van der Waals surface area (Å²) in [5, 5.41) is 18.4. The lowest BCUT2D eigenvalue weighted by Crippen LogP contribution is -2.10. The van der Waals surface area contributed by atoms with Crippen molar-refractivity contribution in [3.8, 4) is 11.1 Å². The summed E-state index contributed by atoms with van der Waals surface area (Å²) in [5.41, 5.74) is 3.28. The van der Waals surface area contributed by atoms with Crippen LogP contribution < -0.4 is 0 Å². The van der Waals surface area contributed by atoms with E-state index in [4.69, 9.17) is 5.11 Å². The molecule has 7 nitrogen and oxygen atoms in total. The average Bonchev–Trinajstić information content (AvgIpc) is 3.04. The normalized spacial score (nSPS) is 11.1. The van der Waals surface area contributed by atoms with Crippen molar-refractivity contribution in [2.75, 3.05) is 0 Å². The van der Waals surface area contributed by atoms with Crippen molar-refractivity contribution in [3.63, 3.8) is 0 Å². The Hall–Kier alpha value is -2.70. The number of hydrogen-bond acceptors (Lipinski definition) is 4. The second-order valence-electron chi connectivity index (χ2n) is 4.78. The lowest BCUT2D eigenvalue weighted by Gasteiger charge is -2.01. The van der Waals surface area contributed by atoms with Crippen LogP contribution >= 0.6 is 0 Å². The molecule has 0 spiro atoms. The van der Waals surface area contributed by atoms with Crippen molar-refractivity contribution in [2.45, 2.75) is 26.9 Å². The molecule has 0 amide bonds. The van der Waals surface area contributed by atoms with E-state index in [9.17, 15) is 4.79 Å². The van der Waals surface area contributed by atoms with Crippen molar-refractivity contribution < 1.29 is 9.90 Å². The van der Waals surface area contributed by atoms with Gasteiger partial charge in [-0.2, -0.15) is 10.2 Å². The molecule has 0 bridgehead atoms. The molecular weight excluding hydrogens is 270 g/mol. The third-order valence-corrected chi connectivity index (χ3v) is 3.36. The molecule has 0 radical (unpaired) electrons.